The summed E-state index contributed by atoms with van der Waals surface area (Å²) >= 11 is 14.1. The molecule has 0 radical (unpaired) electrons. The number of aryl methyl sites for hydroxylation is 1. The Morgan fingerprint density at radius 3 is 2.75 bits per heavy atom. The summed E-state index contributed by atoms with van der Waals surface area (Å²) < 4.78 is 5.38. The summed E-state index contributed by atoms with van der Waals surface area (Å²) in [5.41, 5.74) is 3.53. The number of fused-ring (bicyclic) bond motifs is 1. The summed E-state index contributed by atoms with van der Waals surface area (Å²) in [7, 11) is 1.61. The lowest BCUT2D eigenvalue weighted by atomic mass is 10.1. The lowest BCUT2D eigenvalue weighted by molar-refractivity contribution is 0.416. The van der Waals surface area contributed by atoms with Crippen molar-refractivity contribution in [1.82, 2.24) is 20.2 Å². The zero-order valence-electron chi connectivity index (χ0n) is 15.2. The standard InChI is InChI=1S/C20H16Cl2N4OS/c1-11-13-5-3-4-6-15(13)23-16(18(11)22)10-28-20-24-19(25-26-20)14-9-12(21)7-8-17(14)27-2/h3-9H,10H2,1-2H3,(H,24,25,26). The second-order valence-corrected chi connectivity index (χ2v) is 7.87. The van der Waals surface area contributed by atoms with Crippen molar-refractivity contribution >= 4 is 45.9 Å². The third kappa shape index (κ3) is 3.68. The van der Waals surface area contributed by atoms with Crippen LogP contribution < -0.4 is 4.74 Å². The third-order valence-electron chi connectivity index (χ3n) is 4.37. The Labute approximate surface area is 176 Å². The van der Waals surface area contributed by atoms with Gasteiger partial charge in [-0.15, -0.1) is 5.10 Å². The first kappa shape index (κ1) is 19.1. The molecule has 1 N–H and O–H groups in total. The van der Waals surface area contributed by atoms with Crippen LogP contribution in [0.4, 0.5) is 0 Å². The molecule has 0 aliphatic carbocycles. The maximum atomic E-state index is 6.54. The fourth-order valence-corrected chi connectivity index (χ4v) is 4.15. The second kappa shape index (κ2) is 7.99. The van der Waals surface area contributed by atoms with Gasteiger partial charge in [0.25, 0.3) is 0 Å². The molecule has 142 valence electrons. The van der Waals surface area contributed by atoms with E-state index >= 15 is 0 Å². The molecule has 4 rings (SSSR count). The highest BCUT2D eigenvalue weighted by Gasteiger charge is 2.14. The summed E-state index contributed by atoms with van der Waals surface area (Å²) in [6, 6.07) is 13.3. The van der Waals surface area contributed by atoms with E-state index in [1.165, 1.54) is 11.8 Å². The van der Waals surface area contributed by atoms with Gasteiger partial charge in [0.15, 0.2) is 5.82 Å². The van der Waals surface area contributed by atoms with Crippen molar-refractivity contribution in [2.24, 2.45) is 0 Å². The Bertz CT molecular complexity index is 1160. The number of ether oxygens (including phenoxy) is 1. The smallest absolute Gasteiger partial charge is 0.209 e. The Hall–Kier alpha value is -2.28. The molecule has 0 spiro atoms. The molecule has 0 fully saturated rings. The average molecular weight is 431 g/mol. The first-order valence-electron chi connectivity index (χ1n) is 8.49. The predicted octanol–water partition coefficient (Wildman–Crippen LogP) is 5.94. The number of methoxy groups -OCH3 is 1. The molecule has 0 saturated carbocycles. The number of hydrogen-bond acceptors (Lipinski definition) is 5. The highest BCUT2D eigenvalue weighted by atomic mass is 35.5. The van der Waals surface area contributed by atoms with E-state index in [0.29, 0.717) is 32.5 Å². The van der Waals surface area contributed by atoms with Crippen molar-refractivity contribution in [3.8, 4) is 17.1 Å². The number of rotatable bonds is 5. The molecule has 4 aromatic rings. The summed E-state index contributed by atoms with van der Waals surface area (Å²) in [5.74, 6) is 1.83. The molecular weight excluding hydrogens is 415 g/mol. The zero-order valence-corrected chi connectivity index (χ0v) is 17.5. The van der Waals surface area contributed by atoms with Crippen molar-refractivity contribution in [3.63, 3.8) is 0 Å². The van der Waals surface area contributed by atoms with Gasteiger partial charge in [-0.25, -0.2) is 4.98 Å². The molecule has 0 amide bonds. The molecule has 2 aromatic heterocycles. The van der Waals surface area contributed by atoms with E-state index in [9.17, 15) is 0 Å². The minimum absolute atomic E-state index is 0.564. The van der Waals surface area contributed by atoms with Crippen molar-refractivity contribution in [1.29, 1.82) is 0 Å². The first-order chi connectivity index (χ1) is 13.6. The van der Waals surface area contributed by atoms with Crippen molar-refractivity contribution in [3.05, 3.63) is 63.8 Å². The fraction of sp³-hybridized carbons (Fsp3) is 0.150. The molecule has 2 heterocycles. The third-order valence-corrected chi connectivity index (χ3v) is 5.96. The molecule has 2 aromatic carbocycles. The zero-order chi connectivity index (χ0) is 19.7. The quantitative estimate of drug-likeness (QED) is 0.397. The molecule has 28 heavy (non-hydrogen) atoms. The monoisotopic (exact) mass is 430 g/mol. The van der Waals surface area contributed by atoms with Gasteiger partial charge in [0.1, 0.15) is 5.75 Å². The number of nitrogens with zero attached hydrogens (tertiary/aromatic N) is 3. The van der Waals surface area contributed by atoms with Crippen LogP contribution in [0.25, 0.3) is 22.3 Å². The minimum Gasteiger partial charge on any atom is -0.496 e. The van der Waals surface area contributed by atoms with Crippen molar-refractivity contribution in [2.45, 2.75) is 17.8 Å². The van der Waals surface area contributed by atoms with Crippen LogP contribution in [0.5, 0.6) is 5.75 Å². The SMILES string of the molecule is COc1ccc(Cl)cc1-c1nc(SCc2nc3ccccc3c(C)c2Cl)n[nH]1. The van der Waals surface area contributed by atoms with Crippen LogP contribution in [0.2, 0.25) is 10.0 Å². The Kier molecular flexibility index (Phi) is 5.44. The van der Waals surface area contributed by atoms with Gasteiger partial charge in [-0.3, -0.25) is 10.1 Å². The lowest BCUT2D eigenvalue weighted by Gasteiger charge is -2.09. The molecule has 0 atom stereocenters. The number of benzene rings is 2. The Morgan fingerprint density at radius 1 is 1.11 bits per heavy atom. The minimum atomic E-state index is 0.564. The highest BCUT2D eigenvalue weighted by molar-refractivity contribution is 7.98. The predicted molar refractivity (Wildman–Crippen MR) is 114 cm³/mol. The molecule has 5 nitrogen and oxygen atoms in total. The summed E-state index contributed by atoms with van der Waals surface area (Å²) in [4.78, 5) is 9.25. The van der Waals surface area contributed by atoms with Crippen molar-refractivity contribution < 1.29 is 4.74 Å². The Balaban J connectivity index is 1.58. The van der Waals surface area contributed by atoms with Crippen LogP contribution in [-0.2, 0) is 5.75 Å². The fourth-order valence-electron chi connectivity index (χ4n) is 2.94. The maximum Gasteiger partial charge on any atom is 0.209 e. The topological polar surface area (TPSA) is 63.7 Å². The van der Waals surface area contributed by atoms with Crippen LogP contribution >= 0.6 is 35.0 Å². The molecule has 0 bridgehead atoms. The van der Waals surface area contributed by atoms with E-state index in [2.05, 4.69) is 15.2 Å². The number of aromatic amines is 1. The summed E-state index contributed by atoms with van der Waals surface area (Å²) in [6.45, 7) is 2.01. The van der Waals surface area contributed by atoms with Crippen molar-refractivity contribution in [2.75, 3.05) is 7.11 Å². The highest BCUT2D eigenvalue weighted by Crippen LogP contribution is 2.33. The molecule has 0 unspecified atom stereocenters. The molecule has 8 heteroatoms. The van der Waals surface area contributed by atoms with E-state index in [1.54, 1.807) is 25.3 Å². The van der Waals surface area contributed by atoms with Crippen LogP contribution in [0.15, 0.2) is 47.6 Å². The van der Waals surface area contributed by atoms with Crippen LogP contribution in [0, 0.1) is 6.92 Å². The second-order valence-electron chi connectivity index (χ2n) is 6.11. The normalized spacial score (nSPS) is 11.1. The van der Waals surface area contributed by atoms with E-state index in [4.69, 9.17) is 32.9 Å². The van der Waals surface area contributed by atoms with Gasteiger partial charge in [-0.05, 0) is 36.8 Å². The number of para-hydroxylation sites is 1. The van der Waals surface area contributed by atoms with Gasteiger partial charge in [-0.1, -0.05) is 53.2 Å². The van der Waals surface area contributed by atoms with Crippen LogP contribution in [-0.4, -0.2) is 27.3 Å². The number of nitrogens with one attached hydrogen (secondary N) is 1. The largest absolute Gasteiger partial charge is 0.496 e. The van der Waals surface area contributed by atoms with Crippen LogP contribution in [0.1, 0.15) is 11.3 Å². The van der Waals surface area contributed by atoms with E-state index < -0.39 is 0 Å². The van der Waals surface area contributed by atoms with E-state index in [1.807, 2.05) is 31.2 Å². The number of H-pyrrole nitrogens is 1. The number of pyridine rings is 1. The van der Waals surface area contributed by atoms with Gasteiger partial charge in [0.2, 0.25) is 5.16 Å². The van der Waals surface area contributed by atoms with Gasteiger partial charge >= 0.3 is 0 Å². The molecule has 0 aliphatic heterocycles. The number of halogens is 2. The first-order valence-corrected chi connectivity index (χ1v) is 10.2. The van der Waals surface area contributed by atoms with Crippen LogP contribution in [0.3, 0.4) is 0 Å². The van der Waals surface area contributed by atoms with Gasteiger partial charge in [-0.2, -0.15) is 0 Å². The van der Waals surface area contributed by atoms with E-state index in [-0.39, 0.29) is 0 Å². The molecule has 0 aliphatic rings. The van der Waals surface area contributed by atoms with E-state index in [0.717, 1.165) is 27.7 Å². The lowest BCUT2D eigenvalue weighted by Crippen LogP contribution is -1.94. The summed E-state index contributed by atoms with van der Waals surface area (Å²) in [5, 5.41) is 10.2. The number of thioether (sulfide) groups is 1. The molecular formula is C20H16Cl2N4OS. The maximum absolute atomic E-state index is 6.54. The average Bonchev–Trinajstić information content (AvgIpc) is 3.18. The van der Waals surface area contributed by atoms with Gasteiger partial charge in [0.05, 0.1) is 28.9 Å². The number of hydrogen-bond donors (Lipinski definition) is 1. The summed E-state index contributed by atoms with van der Waals surface area (Å²) in [6.07, 6.45) is 0. The molecule has 0 saturated heterocycles. The van der Waals surface area contributed by atoms with Gasteiger partial charge < -0.3 is 4.74 Å². The van der Waals surface area contributed by atoms with Gasteiger partial charge in [0, 0.05) is 16.2 Å². The Morgan fingerprint density at radius 2 is 1.93 bits per heavy atom. The number of aromatic nitrogens is 4.